The number of allylic oxidation sites excluding steroid dienone is 1. The van der Waals surface area contributed by atoms with Crippen molar-refractivity contribution in [3.63, 3.8) is 0 Å². The Morgan fingerprint density at radius 3 is 1.55 bits per heavy atom. The first-order chi connectivity index (χ1) is 9.77. The van der Waals surface area contributed by atoms with Crippen molar-refractivity contribution in [2.24, 2.45) is 0 Å². The van der Waals surface area contributed by atoms with Crippen LogP contribution in [0.15, 0.2) is 12.2 Å². The summed E-state index contributed by atoms with van der Waals surface area (Å²) in [5.41, 5.74) is 0. The van der Waals surface area contributed by atoms with E-state index in [9.17, 15) is 4.79 Å². The van der Waals surface area contributed by atoms with E-state index in [0.29, 0.717) is 0 Å². The highest BCUT2D eigenvalue weighted by atomic mass is 16.4. The molecule has 0 aliphatic carbocycles. The average Bonchev–Trinajstić information content (AvgIpc) is 2.43. The normalized spacial score (nSPS) is 11.2. The molecule has 0 aliphatic rings. The minimum atomic E-state index is -0.834. The van der Waals surface area contributed by atoms with Gasteiger partial charge in [0.2, 0.25) is 0 Å². The summed E-state index contributed by atoms with van der Waals surface area (Å²) in [6.45, 7) is 2.27. The highest BCUT2D eigenvalue weighted by Gasteiger charge is 1.93. The number of unbranched alkanes of at least 4 members (excludes halogenated alkanes) is 13. The largest absolute Gasteiger partial charge is 0.478 e. The summed E-state index contributed by atoms with van der Waals surface area (Å²) < 4.78 is 0. The van der Waals surface area contributed by atoms with Gasteiger partial charge in [0.15, 0.2) is 0 Å². The van der Waals surface area contributed by atoms with Crippen LogP contribution in [0.5, 0.6) is 0 Å². The van der Waals surface area contributed by atoms with Gasteiger partial charge in [0.05, 0.1) is 0 Å². The fraction of sp³-hybridized carbons (Fsp3) is 0.833. The van der Waals surface area contributed by atoms with E-state index in [1.165, 1.54) is 83.1 Å². The molecule has 0 heterocycles. The van der Waals surface area contributed by atoms with Crippen LogP contribution in [0.1, 0.15) is 96.8 Å². The van der Waals surface area contributed by atoms with Gasteiger partial charge in [-0.2, -0.15) is 0 Å². The predicted octanol–water partition coefficient (Wildman–Crippen LogP) is 6.11. The van der Waals surface area contributed by atoms with Crippen LogP contribution in [-0.2, 0) is 4.79 Å². The number of hydrogen-bond donors (Lipinski definition) is 1. The molecule has 1 N–H and O–H groups in total. The van der Waals surface area contributed by atoms with E-state index < -0.39 is 5.97 Å². The van der Waals surface area contributed by atoms with Gasteiger partial charge in [-0.1, -0.05) is 90.0 Å². The summed E-state index contributed by atoms with van der Waals surface area (Å²) >= 11 is 0. The molecular formula is C18H34O2. The van der Waals surface area contributed by atoms with Gasteiger partial charge in [-0.3, -0.25) is 0 Å². The van der Waals surface area contributed by atoms with Crippen LogP contribution < -0.4 is 0 Å². The van der Waals surface area contributed by atoms with Crippen LogP contribution in [0.2, 0.25) is 0 Å². The van der Waals surface area contributed by atoms with Gasteiger partial charge < -0.3 is 5.11 Å². The highest BCUT2D eigenvalue weighted by Crippen LogP contribution is 2.12. The number of carbonyl (C=O) groups is 1. The lowest BCUT2D eigenvalue weighted by atomic mass is 10.0. The van der Waals surface area contributed by atoms with Gasteiger partial charge in [-0.25, -0.2) is 4.79 Å². The van der Waals surface area contributed by atoms with E-state index >= 15 is 0 Å². The van der Waals surface area contributed by atoms with Crippen LogP contribution >= 0.6 is 0 Å². The lowest BCUT2D eigenvalue weighted by Gasteiger charge is -2.02. The van der Waals surface area contributed by atoms with E-state index in [1.807, 2.05) is 0 Å². The zero-order chi connectivity index (χ0) is 14.9. The van der Waals surface area contributed by atoms with E-state index in [0.717, 1.165) is 12.8 Å². The number of carboxylic acid groups (broad SMARTS) is 1. The zero-order valence-electron chi connectivity index (χ0n) is 13.4. The Bertz CT molecular complexity index is 234. The molecule has 0 bridgehead atoms. The molecule has 0 aromatic heterocycles. The Labute approximate surface area is 125 Å². The van der Waals surface area contributed by atoms with Gasteiger partial charge in [0.25, 0.3) is 0 Å². The molecule has 0 aliphatic heterocycles. The van der Waals surface area contributed by atoms with Crippen LogP contribution in [0, 0.1) is 0 Å². The molecule has 0 unspecified atom stereocenters. The van der Waals surface area contributed by atoms with Gasteiger partial charge in [-0.15, -0.1) is 0 Å². The third-order valence-electron chi connectivity index (χ3n) is 3.73. The Morgan fingerprint density at radius 2 is 1.15 bits per heavy atom. The number of aliphatic carboxylic acids is 1. The van der Waals surface area contributed by atoms with Crippen molar-refractivity contribution in [3.05, 3.63) is 12.2 Å². The Morgan fingerprint density at radius 1 is 0.750 bits per heavy atom. The third-order valence-corrected chi connectivity index (χ3v) is 3.73. The van der Waals surface area contributed by atoms with E-state index in [4.69, 9.17) is 5.11 Å². The monoisotopic (exact) mass is 282 g/mol. The van der Waals surface area contributed by atoms with Gasteiger partial charge in [0, 0.05) is 6.08 Å². The van der Waals surface area contributed by atoms with Crippen molar-refractivity contribution in [2.75, 3.05) is 0 Å². The van der Waals surface area contributed by atoms with Gasteiger partial charge in [0.1, 0.15) is 0 Å². The predicted molar refractivity (Wildman–Crippen MR) is 87.1 cm³/mol. The minimum Gasteiger partial charge on any atom is -0.478 e. The molecule has 0 aromatic carbocycles. The number of carboxylic acids is 1. The van der Waals surface area contributed by atoms with Crippen molar-refractivity contribution in [1.82, 2.24) is 0 Å². The van der Waals surface area contributed by atoms with Crippen molar-refractivity contribution < 1.29 is 9.90 Å². The molecule has 0 radical (unpaired) electrons. The SMILES string of the molecule is CCCCCCCCCCCCCCC/C=C/C(=O)O. The molecule has 0 amide bonds. The topological polar surface area (TPSA) is 37.3 Å². The fourth-order valence-corrected chi connectivity index (χ4v) is 2.46. The second-order valence-electron chi connectivity index (χ2n) is 5.77. The summed E-state index contributed by atoms with van der Waals surface area (Å²) in [4.78, 5) is 10.2. The quantitative estimate of drug-likeness (QED) is 0.291. The molecule has 20 heavy (non-hydrogen) atoms. The molecule has 0 saturated heterocycles. The average molecular weight is 282 g/mol. The smallest absolute Gasteiger partial charge is 0.327 e. The molecule has 0 fully saturated rings. The van der Waals surface area contributed by atoms with Crippen LogP contribution in [0.25, 0.3) is 0 Å². The number of hydrogen-bond acceptors (Lipinski definition) is 1. The molecule has 0 saturated carbocycles. The van der Waals surface area contributed by atoms with Gasteiger partial charge >= 0.3 is 5.97 Å². The molecule has 0 spiro atoms. The molecular weight excluding hydrogens is 248 g/mol. The maximum absolute atomic E-state index is 10.2. The summed E-state index contributed by atoms with van der Waals surface area (Å²) in [6.07, 6.45) is 21.6. The van der Waals surface area contributed by atoms with Crippen molar-refractivity contribution >= 4 is 5.97 Å². The maximum atomic E-state index is 10.2. The fourth-order valence-electron chi connectivity index (χ4n) is 2.46. The number of rotatable bonds is 15. The molecule has 0 atom stereocenters. The second-order valence-corrected chi connectivity index (χ2v) is 5.77. The van der Waals surface area contributed by atoms with Crippen molar-refractivity contribution in [2.45, 2.75) is 96.8 Å². The van der Waals surface area contributed by atoms with Crippen LogP contribution in [0.4, 0.5) is 0 Å². The first kappa shape index (κ1) is 19.2. The molecule has 118 valence electrons. The van der Waals surface area contributed by atoms with Gasteiger partial charge in [-0.05, 0) is 12.8 Å². The molecule has 0 rings (SSSR count). The third kappa shape index (κ3) is 17.2. The van der Waals surface area contributed by atoms with Crippen LogP contribution in [0.3, 0.4) is 0 Å². The molecule has 2 nitrogen and oxygen atoms in total. The highest BCUT2D eigenvalue weighted by molar-refractivity contribution is 5.79. The Balaban J connectivity index is 3.01. The molecule has 2 heteroatoms. The summed E-state index contributed by atoms with van der Waals surface area (Å²) in [5.74, 6) is -0.834. The zero-order valence-corrected chi connectivity index (χ0v) is 13.4. The summed E-state index contributed by atoms with van der Waals surface area (Å²) in [7, 11) is 0. The standard InChI is InChI=1S/C18H34O2/c1-2-3-4-5-6-7-8-9-10-11-12-13-14-15-16-17-18(19)20/h16-17H,2-15H2,1H3,(H,19,20)/b17-16+. The van der Waals surface area contributed by atoms with Crippen LogP contribution in [-0.4, -0.2) is 11.1 Å². The first-order valence-corrected chi connectivity index (χ1v) is 8.67. The van der Waals surface area contributed by atoms with E-state index in [2.05, 4.69) is 6.92 Å². The lowest BCUT2D eigenvalue weighted by Crippen LogP contribution is -1.86. The second kappa shape index (κ2) is 16.3. The Kier molecular flexibility index (Phi) is 15.6. The summed E-state index contributed by atoms with van der Waals surface area (Å²) in [6, 6.07) is 0. The minimum absolute atomic E-state index is 0.834. The van der Waals surface area contributed by atoms with Crippen molar-refractivity contribution in [1.29, 1.82) is 0 Å². The molecule has 0 aromatic rings. The first-order valence-electron chi connectivity index (χ1n) is 8.67. The lowest BCUT2D eigenvalue weighted by molar-refractivity contribution is -0.131. The Hall–Kier alpha value is -0.790. The van der Waals surface area contributed by atoms with Crippen molar-refractivity contribution in [3.8, 4) is 0 Å². The summed E-state index contributed by atoms with van der Waals surface area (Å²) in [5, 5.41) is 8.43. The van der Waals surface area contributed by atoms with E-state index in [1.54, 1.807) is 6.08 Å². The maximum Gasteiger partial charge on any atom is 0.327 e. The van der Waals surface area contributed by atoms with E-state index in [-0.39, 0.29) is 0 Å².